The average Bonchev–Trinajstić information content (AvgIpc) is 2.79. The topological polar surface area (TPSA) is 57.7 Å². The second-order valence-electron chi connectivity index (χ2n) is 7.36. The van der Waals surface area contributed by atoms with Crippen molar-refractivity contribution in [3.63, 3.8) is 0 Å². The van der Waals surface area contributed by atoms with Crippen LogP contribution in [0.3, 0.4) is 0 Å². The summed E-state index contributed by atoms with van der Waals surface area (Å²) >= 11 is 11.6. The number of hydrogen-bond donors (Lipinski definition) is 0. The molecule has 0 heterocycles. The van der Waals surface area contributed by atoms with Gasteiger partial charge in [0.05, 0.1) is 21.2 Å². The van der Waals surface area contributed by atoms with E-state index < -0.39 is 39.2 Å². The van der Waals surface area contributed by atoms with Gasteiger partial charge in [0.15, 0.2) is 0 Å². The molecule has 11 heteroatoms. The Morgan fingerprint density at radius 3 is 2.15 bits per heavy atom. The molecule has 0 aliphatic rings. The van der Waals surface area contributed by atoms with E-state index in [0.717, 1.165) is 17.7 Å². The van der Waals surface area contributed by atoms with Gasteiger partial charge in [-0.15, -0.1) is 0 Å². The van der Waals surface area contributed by atoms with Gasteiger partial charge in [0.2, 0.25) is 5.91 Å². The molecule has 0 atom stereocenters. The molecule has 0 N–H and O–H groups in total. The van der Waals surface area contributed by atoms with Crippen LogP contribution in [0.15, 0.2) is 77.7 Å². The van der Waals surface area contributed by atoms with E-state index in [2.05, 4.69) is 0 Å². The Morgan fingerprint density at radius 2 is 1.56 bits per heavy atom. The third kappa shape index (κ3) is 6.02. The number of benzene rings is 3. The zero-order chi connectivity index (χ0) is 25.1. The summed E-state index contributed by atoms with van der Waals surface area (Å²) in [5.74, 6) is -0.627. The van der Waals surface area contributed by atoms with Crippen molar-refractivity contribution in [2.24, 2.45) is 0 Å². The van der Waals surface area contributed by atoms with E-state index >= 15 is 0 Å². The second-order valence-corrected chi connectivity index (χ2v) is 10.1. The molecule has 5 nitrogen and oxygen atoms in total. The van der Waals surface area contributed by atoms with Crippen molar-refractivity contribution in [2.45, 2.75) is 17.6 Å². The SMILES string of the molecule is CN(Cc1ccc(Cl)cc1)C(=O)CN(c1ccc(Cl)c(C(F)(F)F)c1)S(=O)(=O)c1ccccc1. The lowest BCUT2D eigenvalue weighted by Gasteiger charge is -2.27. The summed E-state index contributed by atoms with van der Waals surface area (Å²) in [5.41, 5.74) is -0.806. The minimum atomic E-state index is -4.81. The first-order valence-corrected chi connectivity index (χ1v) is 12.0. The number of hydrogen-bond acceptors (Lipinski definition) is 3. The monoisotopic (exact) mass is 530 g/mol. The molecule has 3 aromatic carbocycles. The molecule has 0 aliphatic carbocycles. The molecule has 180 valence electrons. The predicted molar refractivity (Wildman–Crippen MR) is 125 cm³/mol. The molecule has 0 aliphatic heterocycles. The number of amides is 1. The summed E-state index contributed by atoms with van der Waals surface area (Å²) in [4.78, 5) is 14.1. The number of carbonyl (C=O) groups excluding carboxylic acids is 1. The molecular weight excluding hydrogens is 512 g/mol. The highest BCUT2D eigenvalue weighted by Crippen LogP contribution is 2.38. The van der Waals surface area contributed by atoms with Gasteiger partial charge in [-0.25, -0.2) is 8.42 Å². The minimum Gasteiger partial charge on any atom is -0.340 e. The Bertz CT molecular complexity index is 1270. The maximum Gasteiger partial charge on any atom is 0.417 e. The normalized spacial score (nSPS) is 11.8. The number of nitrogens with zero attached hydrogens (tertiary/aromatic N) is 2. The van der Waals surface area contributed by atoms with Crippen LogP contribution < -0.4 is 4.31 Å². The Kier molecular flexibility index (Phi) is 7.80. The maximum absolute atomic E-state index is 13.4. The quantitative estimate of drug-likeness (QED) is 0.384. The molecule has 0 saturated heterocycles. The van der Waals surface area contributed by atoms with E-state index in [4.69, 9.17) is 23.2 Å². The van der Waals surface area contributed by atoms with Crippen LogP contribution in [0, 0.1) is 0 Å². The number of alkyl halides is 3. The zero-order valence-corrected chi connectivity index (χ0v) is 20.1. The molecule has 0 radical (unpaired) electrons. The summed E-state index contributed by atoms with van der Waals surface area (Å²) < 4.78 is 67.7. The van der Waals surface area contributed by atoms with Gasteiger partial charge in [-0.3, -0.25) is 9.10 Å². The smallest absolute Gasteiger partial charge is 0.340 e. The molecule has 0 spiro atoms. The van der Waals surface area contributed by atoms with E-state index in [1.807, 2.05) is 0 Å². The van der Waals surface area contributed by atoms with Crippen LogP contribution in [0.1, 0.15) is 11.1 Å². The predicted octanol–water partition coefficient (Wildman–Crippen LogP) is 5.87. The number of halogens is 5. The number of rotatable bonds is 7. The highest BCUT2D eigenvalue weighted by molar-refractivity contribution is 7.92. The summed E-state index contributed by atoms with van der Waals surface area (Å²) in [6.07, 6.45) is -4.81. The lowest BCUT2D eigenvalue weighted by Crippen LogP contribution is -2.41. The highest BCUT2D eigenvalue weighted by Gasteiger charge is 2.35. The summed E-state index contributed by atoms with van der Waals surface area (Å²) in [6, 6.07) is 16.6. The second kappa shape index (κ2) is 10.2. The third-order valence-electron chi connectivity index (χ3n) is 4.91. The number of sulfonamides is 1. The molecule has 0 aromatic heterocycles. The van der Waals surface area contributed by atoms with Crippen LogP contribution in [0.2, 0.25) is 10.0 Å². The Labute approximate surface area is 205 Å². The molecule has 0 saturated carbocycles. The van der Waals surface area contributed by atoms with Gasteiger partial charge in [0.1, 0.15) is 6.54 Å². The van der Waals surface area contributed by atoms with Crippen LogP contribution >= 0.6 is 23.2 Å². The van der Waals surface area contributed by atoms with Gasteiger partial charge in [0, 0.05) is 18.6 Å². The first kappa shape index (κ1) is 25.9. The summed E-state index contributed by atoms with van der Waals surface area (Å²) in [7, 11) is -2.91. The lowest BCUT2D eigenvalue weighted by atomic mass is 10.2. The van der Waals surface area contributed by atoms with Crippen molar-refractivity contribution >= 4 is 44.8 Å². The van der Waals surface area contributed by atoms with Gasteiger partial charge >= 0.3 is 6.18 Å². The van der Waals surface area contributed by atoms with Crippen LogP contribution in [-0.4, -0.2) is 32.8 Å². The van der Waals surface area contributed by atoms with Crippen molar-refractivity contribution in [3.05, 3.63) is 94.0 Å². The average molecular weight is 531 g/mol. The van der Waals surface area contributed by atoms with E-state index in [1.54, 1.807) is 30.3 Å². The van der Waals surface area contributed by atoms with Crippen molar-refractivity contribution in [2.75, 3.05) is 17.9 Å². The molecule has 34 heavy (non-hydrogen) atoms. The van der Waals surface area contributed by atoms with Crippen LogP contribution in [0.5, 0.6) is 0 Å². The molecule has 0 fully saturated rings. The molecule has 3 aromatic rings. The Balaban J connectivity index is 1.99. The number of anilines is 1. The van der Waals surface area contributed by atoms with E-state index in [9.17, 15) is 26.4 Å². The van der Waals surface area contributed by atoms with Gasteiger partial charge in [0.25, 0.3) is 10.0 Å². The number of carbonyl (C=O) groups is 1. The molecule has 0 bridgehead atoms. The summed E-state index contributed by atoms with van der Waals surface area (Å²) in [6.45, 7) is -0.579. The maximum atomic E-state index is 13.4. The van der Waals surface area contributed by atoms with Gasteiger partial charge < -0.3 is 4.90 Å². The largest absolute Gasteiger partial charge is 0.417 e. The van der Waals surface area contributed by atoms with E-state index in [-0.39, 0.29) is 17.1 Å². The molecule has 1 amide bonds. The lowest BCUT2D eigenvalue weighted by molar-refractivity contribution is -0.137. The molecule has 0 unspecified atom stereocenters. The van der Waals surface area contributed by atoms with Crippen molar-refractivity contribution in [3.8, 4) is 0 Å². The Morgan fingerprint density at radius 1 is 0.941 bits per heavy atom. The van der Waals surface area contributed by atoms with Crippen molar-refractivity contribution in [1.29, 1.82) is 0 Å². The van der Waals surface area contributed by atoms with Crippen molar-refractivity contribution in [1.82, 2.24) is 4.90 Å². The molecule has 3 rings (SSSR count). The fourth-order valence-electron chi connectivity index (χ4n) is 3.12. The van der Waals surface area contributed by atoms with E-state index in [0.29, 0.717) is 15.4 Å². The van der Waals surface area contributed by atoms with Crippen LogP contribution in [-0.2, 0) is 27.5 Å². The highest BCUT2D eigenvalue weighted by atomic mass is 35.5. The summed E-state index contributed by atoms with van der Waals surface area (Å²) in [5, 5.41) is -0.0689. The fraction of sp³-hybridized carbons (Fsp3) is 0.174. The number of likely N-dealkylation sites (N-methyl/N-ethyl adjacent to an activating group) is 1. The molecular formula is C23H19Cl2F3N2O3S. The van der Waals surface area contributed by atoms with E-state index in [1.165, 1.54) is 36.2 Å². The first-order chi connectivity index (χ1) is 15.9. The van der Waals surface area contributed by atoms with Crippen LogP contribution in [0.4, 0.5) is 18.9 Å². The van der Waals surface area contributed by atoms with Crippen molar-refractivity contribution < 1.29 is 26.4 Å². The fourth-order valence-corrected chi connectivity index (χ4v) is 4.89. The minimum absolute atomic E-state index is 0.143. The first-order valence-electron chi connectivity index (χ1n) is 9.82. The third-order valence-corrected chi connectivity index (χ3v) is 7.28. The standard InChI is InChI=1S/C23H19Cl2F3N2O3S/c1-29(14-16-7-9-17(24)10-8-16)22(31)15-30(34(32,33)19-5-3-2-4-6-19)18-11-12-21(25)20(13-18)23(26,27)28/h2-13H,14-15H2,1H3. The van der Waals surface area contributed by atoms with Gasteiger partial charge in [-0.1, -0.05) is 53.5 Å². The zero-order valence-electron chi connectivity index (χ0n) is 17.8. The Hall–Kier alpha value is -2.75. The van der Waals surface area contributed by atoms with Gasteiger partial charge in [-0.05, 0) is 48.0 Å². The van der Waals surface area contributed by atoms with Crippen LogP contribution in [0.25, 0.3) is 0 Å². The van der Waals surface area contributed by atoms with Gasteiger partial charge in [-0.2, -0.15) is 13.2 Å².